The molecule has 5 heteroatoms. The number of hydrogen-bond acceptors (Lipinski definition) is 3. The van der Waals surface area contributed by atoms with Gasteiger partial charge >= 0.3 is 13.1 Å². The number of fused-ring (bicyclic) bond motifs is 1. The summed E-state index contributed by atoms with van der Waals surface area (Å²) >= 11 is 0. The number of carboxylic acid groups (broad SMARTS) is 1. The lowest BCUT2D eigenvalue weighted by Crippen LogP contribution is -2.27. The van der Waals surface area contributed by atoms with Gasteiger partial charge in [-0.2, -0.15) is 0 Å². The molecule has 14 heavy (non-hydrogen) atoms. The first-order chi connectivity index (χ1) is 6.68. The molecular formula is C9H9BO4. The van der Waals surface area contributed by atoms with Gasteiger partial charge in [-0.05, 0) is 11.0 Å². The Bertz CT molecular complexity index is 366. The number of hydrogen-bond donors (Lipinski definition) is 2. The van der Waals surface area contributed by atoms with Crippen molar-refractivity contribution in [3.63, 3.8) is 0 Å². The number of rotatable bonds is 2. The van der Waals surface area contributed by atoms with Gasteiger partial charge in [-0.25, -0.2) is 0 Å². The highest BCUT2D eigenvalue weighted by Gasteiger charge is 2.35. The second-order valence-corrected chi connectivity index (χ2v) is 3.20. The van der Waals surface area contributed by atoms with Crippen LogP contribution in [0.1, 0.15) is 18.1 Å². The highest BCUT2D eigenvalue weighted by Crippen LogP contribution is 2.25. The Kier molecular flexibility index (Phi) is 2.27. The molecule has 0 aliphatic carbocycles. The van der Waals surface area contributed by atoms with Crippen LogP contribution in [0.25, 0.3) is 0 Å². The molecule has 1 aromatic rings. The number of benzene rings is 1. The molecule has 2 rings (SSSR count). The summed E-state index contributed by atoms with van der Waals surface area (Å²) in [4.78, 5) is 10.5. The monoisotopic (exact) mass is 192 g/mol. The molecule has 1 aromatic carbocycles. The first-order valence-corrected chi connectivity index (χ1v) is 4.32. The Balaban J connectivity index is 2.29. The van der Waals surface area contributed by atoms with Gasteiger partial charge in [-0.1, -0.05) is 24.3 Å². The van der Waals surface area contributed by atoms with Gasteiger partial charge in [0.2, 0.25) is 0 Å². The van der Waals surface area contributed by atoms with Crippen LogP contribution in [-0.4, -0.2) is 23.2 Å². The average molecular weight is 192 g/mol. The van der Waals surface area contributed by atoms with Crippen LogP contribution >= 0.6 is 0 Å². The molecule has 0 saturated carbocycles. The molecule has 0 aromatic heterocycles. The predicted octanol–water partition coefficient (Wildman–Crippen LogP) is -0.0799. The van der Waals surface area contributed by atoms with Crippen LogP contribution in [0.4, 0.5) is 0 Å². The van der Waals surface area contributed by atoms with E-state index in [2.05, 4.69) is 0 Å². The van der Waals surface area contributed by atoms with Gasteiger partial charge in [-0.15, -0.1) is 0 Å². The Morgan fingerprint density at radius 1 is 1.50 bits per heavy atom. The van der Waals surface area contributed by atoms with Gasteiger partial charge in [0, 0.05) is 0 Å². The fraction of sp³-hybridized carbons (Fsp3) is 0.222. The second kappa shape index (κ2) is 3.44. The Morgan fingerprint density at radius 3 is 2.93 bits per heavy atom. The first kappa shape index (κ1) is 9.24. The lowest BCUT2D eigenvalue weighted by atomic mass is 9.79. The van der Waals surface area contributed by atoms with Crippen molar-refractivity contribution in [1.82, 2.24) is 0 Å². The van der Waals surface area contributed by atoms with Crippen LogP contribution in [0.15, 0.2) is 24.3 Å². The second-order valence-electron chi connectivity index (χ2n) is 3.20. The van der Waals surface area contributed by atoms with Crippen LogP contribution in [0.2, 0.25) is 0 Å². The molecular weight excluding hydrogens is 183 g/mol. The minimum Gasteiger partial charge on any atom is -0.481 e. The maximum Gasteiger partial charge on any atom is 0.491 e. The molecule has 1 aliphatic rings. The van der Waals surface area contributed by atoms with Crippen molar-refractivity contribution in [1.29, 1.82) is 0 Å². The summed E-state index contributed by atoms with van der Waals surface area (Å²) in [5.41, 5.74) is 1.43. The molecule has 0 spiro atoms. The maximum atomic E-state index is 10.5. The van der Waals surface area contributed by atoms with Crippen molar-refractivity contribution < 1.29 is 19.6 Å². The van der Waals surface area contributed by atoms with E-state index >= 15 is 0 Å². The third-order valence-electron chi connectivity index (χ3n) is 2.26. The maximum absolute atomic E-state index is 10.5. The Morgan fingerprint density at radius 2 is 2.21 bits per heavy atom. The van der Waals surface area contributed by atoms with E-state index in [0.29, 0.717) is 5.46 Å². The molecule has 0 fully saturated rings. The van der Waals surface area contributed by atoms with Crippen molar-refractivity contribution >= 4 is 18.6 Å². The highest BCUT2D eigenvalue weighted by molar-refractivity contribution is 6.61. The van der Waals surface area contributed by atoms with Crippen molar-refractivity contribution in [2.45, 2.75) is 12.5 Å². The fourth-order valence-electron chi connectivity index (χ4n) is 1.65. The zero-order chi connectivity index (χ0) is 10.1. The summed E-state index contributed by atoms with van der Waals surface area (Å²) in [7, 11) is -0.990. The average Bonchev–Trinajstić information content (AvgIpc) is 2.44. The van der Waals surface area contributed by atoms with Crippen LogP contribution in [0.5, 0.6) is 0 Å². The topological polar surface area (TPSA) is 66.8 Å². The van der Waals surface area contributed by atoms with Crippen LogP contribution < -0.4 is 5.46 Å². The molecule has 0 bridgehead atoms. The third-order valence-corrected chi connectivity index (χ3v) is 2.26. The van der Waals surface area contributed by atoms with E-state index < -0.39 is 19.2 Å². The van der Waals surface area contributed by atoms with Crippen molar-refractivity contribution in [2.75, 3.05) is 0 Å². The molecule has 0 amide bonds. The van der Waals surface area contributed by atoms with E-state index in [1.807, 2.05) is 0 Å². The molecule has 0 radical (unpaired) electrons. The molecule has 72 valence electrons. The van der Waals surface area contributed by atoms with Gasteiger partial charge < -0.3 is 14.8 Å². The summed E-state index contributed by atoms with van der Waals surface area (Å²) in [5, 5.41) is 18.1. The zero-order valence-electron chi connectivity index (χ0n) is 7.38. The summed E-state index contributed by atoms with van der Waals surface area (Å²) in [6, 6.07) is 7.10. The summed E-state index contributed by atoms with van der Waals surface area (Å²) in [6.45, 7) is 0. The summed E-state index contributed by atoms with van der Waals surface area (Å²) in [6.07, 6.45) is -0.646. The van der Waals surface area contributed by atoms with Crippen molar-refractivity contribution in [3.8, 4) is 0 Å². The van der Waals surface area contributed by atoms with E-state index in [1.54, 1.807) is 24.3 Å². The largest absolute Gasteiger partial charge is 0.491 e. The minimum atomic E-state index is -0.990. The number of aliphatic carboxylic acids is 1. The lowest BCUT2D eigenvalue weighted by molar-refractivity contribution is -0.138. The first-order valence-electron chi connectivity index (χ1n) is 4.32. The SMILES string of the molecule is O=C(O)CC1OB(O)c2ccccc21. The number of carbonyl (C=O) groups is 1. The Hall–Kier alpha value is -1.33. The quantitative estimate of drug-likeness (QED) is 0.643. The summed E-state index contributed by atoms with van der Waals surface area (Å²) < 4.78 is 5.12. The van der Waals surface area contributed by atoms with Gasteiger partial charge in [0.15, 0.2) is 0 Å². The molecule has 1 atom stereocenters. The van der Waals surface area contributed by atoms with E-state index in [4.69, 9.17) is 9.76 Å². The third kappa shape index (κ3) is 1.52. The molecule has 4 nitrogen and oxygen atoms in total. The van der Waals surface area contributed by atoms with Gasteiger partial charge in [0.05, 0.1) is 12.5 Å². The zero-order valence-corrected chi connectivity index (χ0v) is 7.38. The van der Waals surface area contributed by atoms with Crippen LogP contribution in [-0.2, 0) is 9.45 Å². The van der Waals surface area contributed by atoms with Gasteiger partial charge in [0.25, 0.3) is 0 Å². The minimum absolute atomic E-state index is 0.117. The highest BCUT2D eigenvalue weighted by atomic mass is 16.5. The fourth-order valence-corrected chi connectivity index (χ4v) is 1.65. The molecule has 1 aliphatic heterocycles. The standard InChI is InChI=1S/C9H9BO4/c11-9(12)5-8-6-3-1-2-4-7(6)10(13)14-8/h1-4,8,13H,5H2,(H,11,12). The lowest BCUT2D eigenvalue weighted by Gasteiger charge is -2.08. The van der Waals surface area contributed by atoms with Crippen LogP contribution in [0, 0.1) is 0 Å². The summed E-state index contributed by atoms with van der Waals surface area (Å²) in [5.74, 6) is -0.932. The van der Waals surface area contributed by atoms with E-state index in [-0.39, 0.29) is 6.42 Å². The van der Waals surface area contributed by atoms with Crippen molar-refractivity contribution in [2.24, 2.45) is 0 Å². The molecule has 2 N–H and O–H groups in total. The van der Waals surface area contributed by atoms with Crippen LogP contribution in [0.3, 0.4) is 0 Å². The van der Waals surface area contributed by atoms with E-state index in [1.165, 1.54) is 0 Å². The van der Waals surface area contributed by atoms with Crippen molar-refractivity contribution in [3.05, 3.63) is 29.8 Å². The van der Waals surface area contributed by atoms with E-state index in [9.17, 15) is 9.82 Å². The van der Waals surface area contributed by atoms with Gasteiger partial charge in [-0.3, -0.25) is 4.79 Å². The molecule has 0 saturated heterocycles. The number of carboxylic acids is 1. The molecule has 1 heterocycles. The molecule has 1 unspecified atom stereocenters. The van der Waals surface area contributed by atoms with Gasteiger partial charge in [0.1, 0.15) is 0 Å². The normalized spacial score (nSPS) is 19.5. The smallest absolute Gasteiger partial charge is 0.481 e. The van der Waals surface area contributed by atoms with E-state index in [0.717, 1.165) is 5.56 Å². The predicted molar refractivity (Wildman–Crippen MR) is 50.1 cm³/mol. The Labute approximate surface area is 81.3 Å².